The second kappa shape index (κ2) is 9.19. The molecule has 1 heterocycles. The minimum Gasteiger partial charge on any atom is -0.480 e. The van der Waals surface area contributed by atoms with Crippen molar-refractivity contribution in [1.29, 1.82) is 0 Å². The number of hydrazine groups is 1. The molecule has 1 fully saturated rings. The van der Waals surface area contributed by atoms with Gasteiger partial charge in [-0.1, -0.05) is 62.2 Å². The summed E-state index contributed by atoms with van der Waals surface area (Å²) in [5.41, 5.74) is 0.805. The Morgan fingerprint density at radius 1 is 1.28 bits per heavy atom. The first kappa shape index (κ1) is 19.7. The number of nitrogens with zero attached hydrogens (tertiary/aromatic N) is 2. The topological polar surface area (TPSA) is 87.2 Å². The largest absolute Gasteiger partial charge is 0.480 e. The first-order valence-corrected chi connectivity index (χ1v) is 9.73. The highest BCUT2D eigenvalue weighted by molar-refractivity contribution is 9.12. The van der Waals surface area contributed by atoms with Crippen LogP contribution in [0.25, 0.3) is 0 Å². The van der Waals surface area contributed by atoms with Gasteiger partial charge in [0, 0.05) is 11.9 Å². The van der Waals surface area contributed by atoms with Crippen LogP contribution in [0.4, 0.5) is 4.79 Å². The van der Waals surface area contributed by atoms with E-state index in [4.69, 9.17) is 4.74 Å². The van der Waals surface area contributed by atoms with E-state index in [2.05, 4.69) is 31.9 Å². The Hall–Kier alpha value is -1.61. The highest BCUT2D eigenvalue weighted by atomic mass is 79.9. The van der Waals surface area contributed by atoms with Gasteiger partial charge in [0.15, 0.2) is 6.04 Å². The van der Waals surface area contributed by atoms with Crippen LogP contribution >= 0.6 is 31.9 Å². The zero-order valence-electron chi connectivity index (χ0n) is 13.3. The van der Waals surface area contributed by atoms with E-state index in [9.17, 15) is 19.5 Å². The van der Waals surface area contributed by atoms with Gasteiger partial charge >= 0.3 is 12.1 Å². The molecule has 1 saturated heterocycles. The summed E-state index contributed by atoms with van der Waals surface area (Å²) in [6, 6.07) is 8.03. The lowest BCUT2D eigenvalue weighted by Crippen LogP contribution is -2.61. The number of benzene rings is 1. The van der Waals surface area contributed by atoms with Gasteiger partial charge in [0.25, 0.3) is 5.91 Å². The van der Waals surface area contributed by atoms with Crippen molar-refractivity contribution in [3.63, 3.8) is 0 Å². The lowest BCUT2D eigenvalue weighted by Gasteiger charge is -2.42. The molecule has 2 unspecified atom stereocenters. The van der Waals surface area contributed by atoms with Gasteiger partial charge in [-0.25, -0.2) is 19.6 Å². The first-order chi connectivity index (χ1) is 12.0. The molecule has 0 saturated carbocycles. The maximum Gasteiger partial charge on any atom is 0.429 e. The first-order valence-electron chi connectivity index (χ1n) is 7.69. The number of carbonyl (C=O) groups is 3. The van der Waals surface area contributed by atoms with E-state index in [1.807, 2.05) is 30.3 Å². The Morgan fingerprint density at radius 3 is 2.56 bits per heavy atom. The minimum absolute atomic E-state index is 0.0477. The number of hydrogen-bond donors (Lipinski definition) is 1. The molecular formula is C16H18Br2N2O5. The summed E-state index contributed by atoms with van der Waals surface area (Å²) in [7, 11) is 0. The zero-order valence-corrected chi connectivity index (χ0v) is 16.5. The highest BCUT2D eigenvalue weighted by Crippen LogP contribution is 2.23. The van der Waals surface area contributed by atoms with Crippen molar-refractivity contribution in [2.45, 2.75) is 30.3 Å². The average Bonchev–Trinajstić information content (AvgIpc) is 2.64. The number of carboxylic acid groups (broad SMARTS) is 1. The fourth-order valence-corrected chi connectivity index (χ4v) is 3.00. The molecule has 136 valence electrons. The summed E-state index contributed by atoms with van der Waals surface area (Å²) in [6.45, 7) is 0.275. The SMILES string of the molecule is O=C(O)C1CCCN(C(=O)OCc2ccccc2)N1C(=O)C(Br)CBr. The fraction of sp³-hybridized carbons (Fsp3) is 0.438. The monoisotopic (exact) mass is 476 g/mol. The molecule has 1 aromatic carbocycles. The number of ether oxygens (including phenoxy) is 1. The van der Waals surface area contributed by atoms with Crippen molar-refractivity contribution < 1.29 is 24.2 Å². The van der Waals surface area contributed by atoms with Gasteiger partial charge in [0.1, 0.15) is 11.4 Å². The molecule has 1 aliphatic heterocycles. The number of rotatable bonds is 5. The number of carboxylic acids is 1. The summed E-state index contributed by atoms with van der Waals surface area (Å²) < 4.78 is 5.26. The van der Waals surface area contributed by atoms with Crippen LogP contribution in [0.1, 0.15) is 18.4 Å². The second-order valence-corrected chi connectivity index (χ2v) is 7.22. The van der Waals surface area contributed by atoms with E-state index in [1.165, 1.54) is 0 Å². The molecule has 2 atom stereocenters. The van der Waals surface area contributed by atoms with Crippen molar-refractivity contribution in [1.82, 2.24) is 10.0 Å². The molecule has 2 rings (SSSR count). The Kier molecular flexibility index (Phi) is 7.24. The molecule has 1 aromatic rings. The smallest absolute Gasteiger partial charge is 0.429 e. The summed E-state index contributed by atoms with van der Waals surface area (Å²) in [5, 5.41) is 11.8. The third-order valence-electron chi connectivity index (χ3n) is 3.73. The van der Waals surface area contributed by atoms with Crippen LogP contribution in [-0.4, -0.2) is 55.8 Å². The summed E-state index contributed by atoms with van der Waals surface area (Å²) in [6.07, 6.45) is 0.0194. The predicted octanol–water partition coefficient (Wildman–Crippen LogP) is 2.77. The van der Waals surface area contributed by atoms with Gasteiger partial charge in [0.05, 0.1) is 0 Å². The van der Waals surface area contributed by atoms with Crippen molar-refractivity contribution in [3.8, 4) is 0 Å². The standard InChI is InChI=1S/C16H18Br2N2O5/c17-9-12(18)14(21)20-13(15(22)23)7-4-8-19(20)16(24)25-10-11-5-2-1-3-6-11/h1-3,5-6,12-13H,4,7-10H2,(H,22,23). The lowest BCUT2D eigenvalue weighted by molar-refractivity contribution is -0.170. The molecular weight excluding hydrogens is 460 g/mol. The zero-order chi connectivity index (χ0) is 18.4. The minimum atomic E-state index is -1.15. The van der Waals surface area contributed by atoms with E-state index >= 15 is 0 Å². The van der Waals surface area contributed by atoms with Crippen molar-refractivity contribution in [3.05, 3.63) is 35.9 Å². The number of alkyl halides is 2. The third-order valence-corrected chi connectivity index (χ3v) is 5.96. The number of hydrogen-bond acceptors (Lipinski definition) is 4. The van der Waals surface area contributed by atoms with Crippen LogP contribution in [0.2, 0.25) is 0 Å². The van der Waals surface area contributed by atoms with Gasteiger partial charge in [-0.2, -0.15) is 0 Å². The van der Waals surface area contributed by atoms with Crippen LogP contribution in [0.5, 0.6) is 0 Å². The van der Waals surface area contributed by atoms with Crippen molar-refractivity contribution >= 4 is 49.8 Å². The van der Waals surface area contributed by atoms with Crippen LogP contribution in [0, 0.1) is 0 Å². The maximum atomic E-state index is 12.6. The molecule has 25 heavy (non-hydrogen) atoms. The number of carbonyl (C=O) groups excluding carboxylic acids is 2. The second-order valence-electron chi connectivity index (χ2n) is 5.46. The molecule has 1 aliphatic rings. The van der Waals surface area contributed by atoms with Gasteiger partial charge in [-0.05, 0) is 18.4 Å². The van der Waals surface area contributed by atoms with E-state index < -0.39 is 28.8 Å². The quantitative estimate of drug-likeness (QED) is 0.659. The Morgan fingerprint density at radius 2 is 1.96 bits per heavy atom. The maximum absolute atomic E-state index is 12.6. The normalized spacial score (nSPS) is 18.6. The Balaban J connectivity index is 2.15. The van der Waals surface area contributed by atoms with Gasteiger partial charge < -0.3 is 9.84 Å². The van der Waals surface area contributed by atoms with Gasteiger partial charge in [-0.15, -0.1) is 0 Å². The van der Waals surface area contributed by atoms with Crippen molar-refractivity contribution in [2.75, 3.05) is 11.9 Å². The molecule has 7 nitrogen and oxygen atoms in total. The molecule has 0 aromatic heterocycles. The number of halogens is 2. The van der Waals surface area contributed by atoms with Crippen molar-refractivity contribution in [2.24, 2.45) is 0 Å². The lowest BCUT2D eigenvalue weighted by atomic mass is 10.1. The fourth-order valence-electron chi connectivity index (χ4n) is 2.52. The van der Waals surface area contributed by atoms with E-state index in [0.29, 0.717) is 11.8 Å². The number of amides is 2. The van der Waals surface area contributed by atoms with E-state index in [1.54, 1.807) is 0 Å². The molecule has 0 bridgehead atoms. The average molecular weight is 478 g/mol. The highest BCUT2D eigenvalue weighted by Gasteiger charge is 2.42. The van der Waals surface area contributed by atoms with Crippen LogP contribution in [-0.2, 0) is 20.9 Å². The van der Waals surface area contributed by atoms with E-state index in [0.717, 1.165) is 15.6 Å². The van der Waals surface area contributed by atoms with E-state index in [-0.39, 0.29) is 19.6 Å². The number of aliphatic carboxylic acids is 1. The van der Waals surface area contributed by atoms with Crippen LogP contribution in [0.15, 0.2) is 30.3 Å². The van der Waals surface area contributed by atoms with Gasteiger partial charge in [0.2, 0.25) is 0 Å². The Bertz CT molecular complexity index is 628. The molecule has 0 radical (unpaired) electrons. The van der Waals surface area contributed by atoms with Crippen LogP contribution in [0.3, 0.4) is 0 Å². The summed E-state index contributed by atoms with van der Waals surface area (Å²) in [5.74, 6) is -1.65. The summed E-state index contributed by atoms with van der Waals surface area (Å²) in [4.78, 5) is 35.9. The summed E-state index contributed by atoms with van der Waals surface area (Å²) >= 11 is 6.38. The van der Waals surface area contributed by atoms with Crippen LogP contribution < -0.4 is 0 Å². The molecule has 0 spiro atoms. The molecule has 0 aliphatic carbocycles. The third kappa shape index (κ3) is 4.94. The van der Waals surface area contributed by atoms with Gasteiger partial charge in [-0.3, -0.25) is 4.79 Å². The predicted molar refractivity (Wildman–Crippen MR) is 97.3 cm³/mol. The molecule has 9 heteroatoms. The Labute approximate surface area is 162 Å². The molecule has 2 amide bonds. The molecule has 1 N–H and O–H groups in total.